The normalized spacial score (nSPS) is 15.3. The van der Waals surface area contributed by atoms with Crippen molar-refractivity contribution in [2.45, 2.75) is 46.6 Å². The van der Waals surface area contributed by atoms with Crippen LogP contribution in [0.3, 0.4) is 0 Å². The van der Waals surface area contributed by atoms with E-state index in [9.17, 15) is 0 Å². The van der Waals surface area contributed by atoms with Crippen LogP contribution in [-0.2, 0) is 6.54 Å². The summed E-state index contributed by atoms with van der Waals surface area (Å²) in [5.41, 5.74) is 4.79. The van der Waals surface area contributed by atoms with Gasteiger partial charge in [-0.3, -0.25) is 0 Å². The maximum absolute atomic E-state index is 6.52. The van der Waals surface area contributed by atoms with Crippen molar-refractivity contribution < 1.29 is 14.2 Å². The van der Waals surface area contributed by atoms with Crippen molar-refractivity contribution in [3.05, 3.63) is 35.9 Å². The van der Waals surface area contributed by atoms with E-state index in [2.05, 4.69) is 55.3 Å². The third-order valence-corrected chi connectivity index (χ3v) is 5.62. The molecule has 1 fully saturated rings. The van der Waals surface area contributed by atoms with Gasteiger partial charge in [0.25, 0.3) is 0 Å². The quantitative estimate of drug-likeness (QED) is 0.574. The fourth-order valence-electron chi connectivity index (χ4n) is 4.13. The van der Waals surface area contributed by atoms with Crippen LogP contribution in [0.25, 0.3) is 11.1 Å². The lowest BCUT2D eigenvalue weighted by molar-refractivity contribution is 0.174. The molecule has 1 N–H and O–H groups in total. The van der Waals surface area contributed by atoms with Gasteiger partial charge in [0.05, 0.1) is 12.3 Å². The molecular formula is C25H34N2O3. The van der Waals surface area contributed by atoms with Gasteiger partial charge in [0.2, 0.25) is 6.79 Å². The number of hydrogen-bond acceptors (Lipinski definition) is 5. The summed E-state index contributed by atoms with van der Waals surface area (Å²) in [6, 6.07) is 10.6. The molecule has 0 saturated carbocycles. The Balaban J connectivity index is 1.79. The fraction of sp³-hybridized carbons (Fsp3) is 0.520. The molecule has 5 heteroatoms. The second-order valence-corrected chi connectivity index (χ2v) is 8.59. The summed E-state index contributed by atoms with van der Waals surface area (Å²) in [4.78, 5) is 2.51. The molecule has 2 aromatic rings. The molecular weight excluding hydrogens is 376 g/mol. The maximum Gasteiger partial charge on any atom is 0.231 e. The largest absolute Gasteiger partial charge is 0.490 e. The summed E-state index contributed by atoms with van der Waals surface area (Å²) in [7, 11) is 0. The van der Waals surface area contributed by atoms with Crippen LogP contribution in [0.1, 0.15) is 45.6 Å². The Morgan fingerprint density at radius 2 is 1.87 bits per heavy atom. The molecule has 0 radical (unpaired) electrons. The van der Waals surface area contributed by atoms with E-state index in [1.54, 1.807) is 0 Å². The minimum absolute atomic E-state index is 0.288. The number of benzene rings is 2. The van der Waals surface area contributed by atoms with Crippen molar-refractivity contribution in [3.63, 3.8) is 0 Å². The highest BCUT2D eigenvalue weighted by atomic mass is 16.7. The number of hydrogen-bond donors (Lipinski definition) is 1. The summed E-state index contributed by atoms with van der Waals surface area (Å²) >= 11 is 0. The monoisotopic (exact) mass is 410 g/mol. The summed E-state index contributed by atoms with van der Waals surface area (Å²) in [6.07, 6.45) is 3.60. The first kappa shape index (κ1) is 20.9. The van der Waals surface area contributed by atoms with Crippen LogP contribution in [-0.4, -0.2) is 33.0 Å². The van der Waals surface area contributed by atoms with E-state index in [1.807, 2.05) is 6.07 Å². The highest BCUT2D eigenvalue weighted by Gasteiger charge is 2.25. The molecule has 30 heavy (non-hydrogen) atoms. The number of rotatable bonds is 9. The number of ether oxygens (including phenoxy) is 3. The van der Waals surface area contributed by atoms with Gasteiger partial charge in [0, 0.05) is 25.2 Å². The van der Waals surface area contributed by atoms with Crippen LogP contribution in [0.15, 0.2) is 30.3 Å². The van der Waals surface area contributed by atoms with Crippen molar-refractivity contribution >= 4 is 5.69 Å². The number of nitrogens with zero attached hydrogens (tertiary/aromatic N) is 1. The first-order valence-corrected chi connectivity index (χ1v) is 11.3. The minimum atomic E-state index is 0.288. The highest BCUT2D eigenvalue weighted by molar-refractivity contribution is 5.82. The van der Waals surface area contributed by atoms with Crippen molar-refractivity contribution in [2.75, 3.05) is 37.9 Å². The Bertz CT molecular complexity index is 860. The van der Waals surface area contributed by atoms with Gasteiger partial charge in [-0.15, -0.1) is 0 Å². The van der Waals surface area contributed by atoms with E-state index < -0.39 is 0 Å². The number of fused-ring (bicyclic) bond motifs is 1. The zero-order chi connectivity index (χ0) is 20.9. The third-order valence-electron chi connectivity index (χ3n) is 5.62. The van der Waals surface area contributed by atoms with E-state index in [-0.39, 0.29) is 6.79 Å². The van der Waals surface area contributed by atoms with Gasteiger partial charge in [-0.05, 0) is 55.0 Å². The Morgan fingerprint density at radius 1 is 1.07 bits per heavy atom. The molecule has 0 aliphatic carbocycles. The molecule has 2 aliphatic rings. The molecule has 1 saturated heterocycles. The van der Waals surface area contributed by atoms with E-state index in [0.717, 1.165) is 61.0 Å². The molecule has 0 bridgehead atoms. The molecule has 0 unspecified atom stereocenters. The van der Waals surface area contributed by atoms with E-state index >= 15 is 0 Å². The first-order valence-electron chi connectivity index (χ1n) is 11.3. The lowest BCUT2D eigenvalue weighted by Crippen LogP contribution is -2.23. The predicted molar refractivity (Wildman–Crippen MR) is 122 cm³/mol. The van der Waals surface area contributed by atoms with Crippen LogP contribution >= 0.6 is 0 Å². The molecule has 0 aromatic heterocycles. The van der Waals surface area contributed by atoms with Crippen LogP contribution in [0, 0.1) is 5.92 Å². The topological polar surface area (TPSA) is 43.0 Å². The molecule has 5 nitrogen and oxygen atoms in total. The standard InChI is InChI=1S/C25H34N2O3/c1-4-11-26-15-20-7-9-21(19-8-10-22-23(14-19)30-17-29-22)25(28-16-18(2)3)24(20)27-12-5-6-13-27/h7-10,14,18,26H,4-6,11-13,15-17H2,1-3H3. The Kier molecular flexibility index (Phi) is 6.68. The minimum Gasteiger partial charge on any atom is -0.490 e. The van der Waals surface area contributed by atoms with Gasteiger partial charge in [-0.25, -0.2) is 0 Å². The van der Waals surface area contributed by atoms with Gasteiger partial charge < -0.3 is 24.4 Å². The maximum atomic E-state index is 6.52. The molecule has 0 spiro atoms. The van der Waals surface area contributed by atoms with Crippen LogP contribution in [0.4, 0.5) is 5.69 Å². The zero-order valence-corrected chi connectivity index (χ0v) is 18.5. The lowest BCUT2D eigenvalue weighted by Gasteiger charge is -2.27. The van der Waals surface area contributed by atoms with Crippen molar-refractivity contribution in [2.24, 2.45) is 5.92 Å². The first-order chi connectivity index (χ1) is 14.7. The van der Waals surface area contributed by atoms with Gasteiger partial charge in [0.1, 0.15) is 0 Å². The summed E-state index contributed by atoms with van der Waals surface area (Å²) in [5.74, 6) is 3.07. The molecule has 0 amide bonds. The Labute approximate surface area is 180 Å². The Hall–Kier alpha value is -2.40. The zero-order valence-electron chi connectivity index (χ0n) is 18.5. The van der Waals surface area contributed by atoms with E-state index in [1.165, 1.54) is 24.1 Å². The van der Waals surface area contributed by atoms with Gasteiger partial charge in [0.15, 0.2) is 17.2 Å². The van der Waals surface area contributed by atoms with Crippen LogP contribution in [0.2, 0.25) is 0 Å². The SMILES string of the molecule is CCCNCc1ccc(-c2ccc3c(c2)OCO3)c(OCC(C)C)c1N1CCCC1. The smallest absolute Gasteiger partial charge is 0.231 e. The predicted octanol–water partition coefficient (Wildman–Crippen LogP) is 5.22. The van der Waals surface area contributed by atoms with Crippen LogP contribution in [0.5, 0.6) is 17.2 Å². The average molecular weight is 411 g/mol. The van der Waals surface area contributed by atoms with Crippen LogP contribution < -0.4 is 24.4 Å². The second kappa shape index (κ2) is 9.61. The highest BCUT2D eigenvalue weighted by Crippen LogP contribution is 2.45. The lowest BCUT2D eigenvalue weighted by atomic mass is 9.99. The van der Waals surface area contributed by atoms with E-state index in [4.69, 9.17) is 14.2 Å². The van der Waals surface area contributed by atoms with Gasteiger partial charge >= 0.3 is 0 Å². The summed E-state index contributed by atoms with van der Waals surface area (Å²) in [6.45, 7) is 11.6. The summed E-state index contributed by atoms with van der Waals surface area (Å²) < 4.78 is 17.7. The van der Waals surface area contributed by atoms with E-state index in [0.29, 0.717) is 12.5 Å². The number of nitrogens with one attached hydrogen (secondary N) is 1. The second-order valence-electron chi connectivity index (χ2n) is 8.59. The molecule has 0 atom stereocenters. The Morgan fingerprint density at radius 3 is 2.63 bits per heavy atom. The third kappa shape index (κ3) is 4.51. The molecule has 4 rings (SSSR count). The molecule has 2 aliphatic heterocycles. The molecule has 2 heterocycles. The molecule has 162 valence electrons. The average Bonchev–Trinajstić information content (AvgIpc) is 3.43. The van der Waals surface area contributed by atoms with Crippen molar-refractivity contribution in [3.8, 4) is 28.4 Å². The fourth-order valence-corrected chi connectivity index (χ4v) is 4.13. The summed E-state index contributed by atoms with van der Waals surface area (Å²) in [5, 5.41) is 3.58. The van der Waals surface area contributed by atoms with Crippen molar-refractivity contribution in [1.29, 1.82) is 0 Å². The van der Waals surface area contributed by atoms with Crippen molar-refractivity contribution in [1.82, 2.24) is 5.32 Å². The van der Waals surface area contributed by atoms with Gasteiger partial charge in [-0.1, -0.05) is 39.0 Å². The van der Waals surface area contributed by atoms with Gasteiger partial charge in [-0.2, -0.15) is 0 Å². The number of anilines is 1. The molecule has 2 aromatic carbocycles.